The molecule has 1 saturated heterocycles. The summed E-state index contributed by atoms with van der Waals surface area (Å²) in [7, 11) is 0. The Bertz CT molecular complexity index is 457. The third kappa shape index (κ3) is 2.88. The maximum absolute atomic E-state index is 12.3. The van der Waals surface area contributed by atoms with Crippen molar-refractivity contribution in [2.75, 3.05) is 19.8 Å². The summed E-state index contributed by atoms with van der Waals surface area (Å²) in [4.78, 5) is 26.4. The largest absolute Gasteiger partial charge is 0.481 e. The number of hydrogen-bond donors (Lipinski definition) is 1. The van der Waals surface area contributed by atoms with Crippen molar-refractivity contribution in [2.45, 2.75) is 19.4 Å². The van der Waals surface area contributed by atoms with Crippen molar-refractivity contribution in [2.24, 2.45) is 0 Å². The van der Waals surface area contributed by atoms with Gasteiger partial charge in [-0.2, -0.15) is 0 Å². The summed E-state index contributed by atoms with van der Waals surface area (Å²) < 4.78 is 5.25. The molecule has 1 aromatic rings. The number of morpholine rings is 1. The molecule has 1 amide bonds. The van der Waals surface area contributed by atoms with Crippen LogP contribution < -0.4 is 0 Å². The van der Waals surface area contributed by atoms with E-state index < -0.39 is 5.97 Å². The molecule has 0 radical (unpaired) electrons. The molecule has 2 heterocycles. The molecule has 0 spiro atoms. The standard InChI is InChI=1S/C12H15NO4S/c1-8-2-3-10(18-8)12(16)13-4-5-17-7-9(13)6-11(14)15/h2-3,9H,4-7H2,1H3,(H,14,15). The topological polar surface area (TPSA) is 66.8 Å². The molecule has 0 bridgehead atoms. The second kappa shape index (κ2) is 5.49. The number of carbonyl (C=O) groups excluding carboxylic acids is 1. The van der Waals surface area contributed by atoms with Crippen molar-refractivity contribution in [3.63, 3.8) is 0 Å². The fourth-order valence-electron chi connectivity index (χ4n) is 1.98. The molecule has 1 atom stereocenters. The maximum Gasteiger partial charge on any atom is 0.305 e. The molecule has 5 nitrogen and oxygen atoms in total. The Labute approximate surface area is 109 Å². The second-order valence-electron chi connectivity index (χ2n) is 4.24. The number of carboxylic acids is 1. The van der Waals surface area contributed by atoms with Crippen molar-refractivity contribution >= 4 is 23.2 Å². The van der Waals surface area contributed by atoms with Crippen LogP contribution in [-0.2, 0) is 9.53 Å². The Kier molecular flexibility index (Phi) is 3.98. The molecular weight excluding hydrogens is 254 g/mol. The van der Waals surface area contributed by atoms with Crippen molar-refractivity contribution in [3.05, 3.63) is 21.9 Å². The van der Waals surface area contributed by atoms with E-state index in [1.54, 1.807) is 11.0 Å². The van der Waals surface area contributed by atoms with Gasteiger partial charge in [0.1, 0.15) is 0 Å². The van der Waals surface area contributed by atoms with E-state index >= 15 is 0 Å². The third-order valence-electron chi connectivity index (χ3n) is 2.85. The number of aliphatic carboxylic acids is 1. The van der Waals surface area contributed by atoms with Crippen molar-refractivity contribution in [1.82, 2.24) is 4.90 Å². The van der Waals surface area contributed by atoms with Gasteiger partial charge in [0, 0.05) is 11.4 Å². The number of rotatable bonds is 3. The van der Waals surface area contributed by atoms with Crippen LogP contribution >= 0.6 is 11.3 Å². The van der Waals surface area contributed by atoms with E-state index in [2.05, 4.69) is 0 Å². The summed E-state index contributed by atoms with van der Waals surface area (Å²) in [6.07, 6.45) is -0.0733. The number of aryl methyl sites for hydroxylation is 1. The molecule has 1 aliphatic rings. The van der Waals surface area contributed by atoms with Gasteiger partial charge in [0.2, 0.25) is 0 Å². The number of carbonyl (C=O) groups is 2. The first kappa shape index (κ1) is 13.0. The Morgan fingerprint density at radius 1 is 1.56 bits per heavy atom. The molecule has 0 aromatic carbocycles. The van der Waals surface area contributed by atoms with Crippen LogP contribution in [0.2, 0.25) is 0 Å². The van der Waals surface area contributed by atoms with Gasteiger partial charge < -0.3 is 14.7 Å². The minimum Gasteiger partial charge on any atom is -0.481 e. The number of nitrogens with zero attached hydrogens (tertiary/aromatic N) is 1. The average molecular weight is 269 g/mol. The molecule has 1 fully saturated rings. The molecule has 6 heteroatoms. The second-order valence-corrected chi connectivity index (χ2v) is 5.52. The fraction of sp³-hybridized carbons (Fsp3) is 0.500. The van der Waals surface area contributed by atoms with E-state index in [1.165, 1.54) is 11.3 Å². The molecule has 98 valence electrons. The fourth-order valence-corrected chi connectivity index (χ4v) is 2.81. The molecule has 1 aromatic heterocycles. The van der Waals surface area contributed by atoms with Gasteiger partial charge in [-0.05, 0) is 19.1 Å². The monoisotopic (exact) mass is 269 g/mol. The zero-order valence-corrected chi connectivity index (χ0v) is 10.9. The molecule has 2 rings (SSSR count). The van der Waals surface area contributed by atoms with Crippen LogP contribution in [0.15, 0.2) is 12.1 Å². The van der Waals surface area contributed by atoms with E-state index in [4.69, 9.17) is 9.84 Å². The summed E-state index contributed by atoms with van der Waals surface area (Å²) in [5.41, 5.74) is 0. The van der Waals surface area contributed by atoms with Gasteiger partial charge in [-0.15, -0.1) is 11.3 Å². The predicted octanol–water partition coefficient (Wildman–Crippen LogP) is 1.37. The first-order chi connectivity index (χ1) is 8.58. The Morgan fingerprint density at radius 3 is 2.94 bits per heavy atom. The molecule has 1 N–H and O–H groups in total. The van der Waals surface area contributed by atoms with Crippen LogP contribution in [0.25, 0.3) is 0 Å². The van der Waals surface area contributed by atoms with Gasteiger partial charge in [-0.1, -0.05) is 0 Å². The minimum atomic E-state index is -0.911. The van der Waals surface area contributed by atoms with Crippen molar-refractivity contribution < 1.29 is 19.4 Å². The zero-order valence-electron chi connectivity index (χ0n) is 10.1. The summed E-state index contributed by atoms with van der Waals surface area (Å²) in [5.74, 6) is -1.01. The Hall–Kier alpha value is -1.40. The predicted molar refractivity (Wildman–Crippen MR) is 67.0 cm³/mol. The normalized spacial score (nSPS) is 19.8. The van der Waals surface area contributed by atoms with Crippen LogP contribution in [0.5, 0.6) is 0 Å². The number of amides is 1. The van der Waals surface area contributed by atoms with E-state index in [9.17, 15) is 9.59 Å². The third-order valence-corrected chi connectivity index (χ3v) is 3.84. The summed E-state index contributed by atoms with van der Waals surface area (Å²) in [5, 5.41) is 8.85. The van der Waals surface area contributed by atoms with Gasteiger partial charge in [0.25, 0.3) is 5.91 Å². The first-order valence-electron chi connectivity index (χ1n) is 5.75. The number of thiophene rings is 1. The van der Waals surface area contributed by atoms with E-state index in [0.29, 0.717) is 24.6 Å². The number of hydrogen-bond acceptors (Lipinski definition) is 4. The molecule has 0 saturated carbocycles. The van der Waals surface area contributed by atoms with Gasteiger partial charge in [-0.25, -0.2) is 0 Å². The zero-order chi connectivity index (χ0) is 13.1. The van der Waals surface area contributed by atoms with Gasteiger partial charge in [0.05, 0.1) is 30.6 Å². The van der Waals surface area contributed by atoms with Gasteiger partial charge >= 0.3 is 5.97 Å². The van der Waals surface area contributed by atoms with E-state index in [0.717, 1.165) is 4.88 Å². The minimum absolute atomic E-state index is 0.0733. The lowest BCUT2D eigenvalue weighted by Gasteiger charge is -2.34. The first-order valence-corrected chi connectivity index (χ1v) is 6.56. The van der Waals surface area contributed by atoms with Crippen molar-refractivity contribution in [3.8, 4) is 0 Å². The highest BCUT2D eigenvalue weighted by molar-refractivity contribution is 7.13. The maximum atomic E-state index is 12.3. The summed E-state index contributed by atoms with van der Waals surface area (Å²) >= 11 is 1.43. The average Bonchev–Trinajstić information content (AvgIpc) is 2.75. The summed E-state index contributed by atoms with van der Waals surface area (Å²) in [6, 6.07) is 3.31. The molecule has 1 aliphatic heterocycles. The number of carboxylic acid groups (broad SMARTS) is 1. The van der Waals surface area contributed by atoms with E-state index in [-0.39, 0.29) is 18.4 Å². The quantitative estimate of drug-likeness (QED) is 0.900. The lowest BCUT2D eigenvalue weighted by Crippen LogP contribution is -2.49. The van der Waals surface area contributed by atoms with Gasteiger partial charge in [0.15, 0.2) is 0 Å². The Morgan fingerprint density at radius 2 is 2.33 bits per heavy atom. The molecular formula is C12H15NO4S. The molecule has 1 unspecified atom stereocenters. The highest BCUT2D eigenvalue weighted by Crippen LogP contribution is 2.20. The molecule has 0 aliphatic carbocycles. The number of ether oxygens (including phenoxy) is 1. The van der Waals surface area contributed by atoms with Gasteiger partial charge in [-0.3, -0.25) is 9.59 Å². The van der Waals surface area contributed by atoms with E-state index in [1.807, 2.05) is 13.0 Å². The van der Waals surface area contributed by atoms with Crippen LogP contribution in [0.4, 0.5) is 0 Å². The summed E-state index contributed by atoms with van der Waals surface area (Å²) in [6.45, 7) is 3.15. The van der Waals surface area contributed by atoms with Crippen LogP contribution in [0, 0.1) is 6.92 Å². The highest BCUT2D eigenvalue weighted by Gasteiger charge is 2.30. The van der Waals surface area contributed by atoms with Crippen LogP contribution in [0.3, 0.4) is 0 Å². The Balaban J connectivity index is 2.13. The van der Waals surface area contributed by atoms with Crippen LogP contribution in [0.1, 0.15) is 21.0 Å². The molecule has 18 heavy (non-hydrogen) atoms. The van der Waals surface area contributed by atoms with Crippen LogP contribution in [-0.4, -0.2) is 47.7 Å². The van der Waals surface area contributed by atoms with Crippen molar-refractivity contribution in [1.29, 1.82) is 0 Å². The lowest BCUT2D eigenvalue weighted by molar-refractivity contribution is -0.139. The highest BCUT2D eigenvalue weighted by atomic mass is 32.1. The smallest absolute Gasteiger partial charge is 0.305 e. The lowest BCUT2D eigenvalue weighted by atomic mass is 10.1. The SMILES string of the molecule is Cc1ccc(C(=O)N2CCOCC2CC(=O)O)s1.